The average molecular weight is 373 g/mol. The van der Waals surface area contributed by atoms with Gasteiger partial charge in [0.15, 0.2) is 5.67 Å². The van der Waals surface area contributed by atoms with Crippen LogP contribution in [0.3, 0.4) is 0 Å². The van der Waals surface area contributed by atoms with E-state index in [1.807, 2.05) is 13.8 Å². The predicted molar refractivity (Wildman–Crippen MR) is 96.3 cm³/mol. The zero-order valence-corrected chi connectivity index (χ0v) is 16.0. The minimum absolute atomic E-state index is 0.234. The quantitative estimate of drug-likeness (QED) is 0.607. The SMILES string of the molecule is C[C@@H](CN1CCN(C=O)CC1)SC(C)(C)C(C=O)NC(=O)C1(F)CC1. The van der Waals surface area contributed by atoms with E-state index in [-0.39, 0.29) is 18.1 Å². The first-order valence-electron chi connectivity index (χ1n) is 8.75. The monoisotopic (exact) mass is 373 g/mol. The highest BCUT2D eigenvalue weighted by molar-refractivity contribution is 8.01. The average Bonchev–Trinajstić information content (AvgIpc) is 3.31. The Balaban J connectivity index is 1.84. The molecule has 25 heavy (non-hydrogen) atoms. The van der Waals surface area contributed by atoms with Crippen molar-refractivity contribution in [2.24, 2.45) is 0 Å². The van der Waals surface area contributed by atoms with Crippen LogP contribution in [0.2, 0.25) is 0 Å². The van der Waals surface area contributed by atoms with Crippen LogP contribution in [0.25, 0.3) is 0 Å². The summed E-state index contributed by atoms with van der Waals surface area (Å²) in [5.41, 5.74) is -1.77. The van der Waals surface area contributed by atoms with Crippen LogP contribution in [0.15, 0.2) is 0 Å². The van der Waals surface area contributed by atoms with E-state index >= 15 is 0 Å². The largest absolute Gasteiger partial charge is 0.343 e. The van der Waals surface area contributed by atoms with E-state index in [0.717, 1.165) is 39.1 Å². The second kappa shape index (κ2) is 8.03. The number of hydrogen-bond donors (Lipinski definition) is 1. The number of carbonyl (C=O) groups is 3. The summed E-state index contributed by atoms with van der Waals surface area (Å²) < 4.78 is 13.3. The number of piperazine rings is 1. The summed E-state index contributed by atoms with van der Waals surface area (Å²) in [6.45, 7) is 9.86. The fourth-order valence-corrected chi connectivity index (χ4v) is 4.61. The van der Waals surface area contributed by atoms with Crippen molar-refractivity contribution in [1.29, 1.82) is 0 Å². The maximum absolute atomic E-state index is 13.8. The fraction of sp³-hybridized carbons (Fsp3) is 0.824. The highest BCUT2D eigenvalue weighted by atomic mass is 32.2. The standard InChI is InChI=1S/C17H28FN3O3S/c1-13(10-20-6-8-21(12-23)9-7-20)25-16(2,3)14(11-22)19-15(24)17(18)4-5-17/h11-14H,4-10H2,1-3H3,(H,19,24)/t13-,14?/m0/s1. The molecule has 142 valence electrons. The molecule has 2 rings (SSSR count). The van der Waals surface area contributed by atoms with Gasteiger partial charge in [0.05, 0.1) is 6.04 Å². The molecule has 1 aliphatic heterocycles. The van der Waals surface area contributed by atoms with Crippen LogP contribution in [-0.4, -0.2) is 82.8 Å². The van der Waals surface area contributed by atoms with Gasteiger partial charge in [-0.15, -0.1) is 11.8 Å². The van der Waals surface area contributed by atoms with Gasteiger partial charge in [-0.2, -0.15) is 0 Å². The topological polar surface area (TPSA) is 69.7 Å². The molecule has 1 heterocycles. The molecule has 2 amide bonds. The fourth-order valence-electron chi connectivity index (χ4n) is 3.02. The van der Waals surface area contributed by atoms with Crippen molar-refractivity contribution in [3.8, 4) is 0 Å². The number of alkyl halides is 1. The van der Waals surface area contributed by atoms with E-state index in [4.69, 9.17) is 0 Å². The lowest BCUT2D eigenvalue weighted by atomic mass is 10.0. The minimum atomic E-state index is -1.77. The zero-order chi connectivity index (χ0) is 18.7. The van der Waals surface area contributed by atoms with Gasteiger partial charge in [-0.1, -0.05) is 6.92 Å². The van der Waals surface area contributed by atoms with Crippen molar-refractivity contribution in [2.45, 2.75) is 55.3 Å². The summed E-state index contributed by atoms with van der Waals surface area (Å²) >= 11 is 1.61. The van der Waals surface area contributed by atoms with Crippen molar-refractivity contribution in [2.75, 3.05) is 32.7 Å². The van der Waals surface area contributed by atoms with E-state index in [2.05, 4.69) is 17.1 Å². The molecule has 2 atom stereocenters. The highest BCUT2D eigenvalue weighted by Crippen LogP contribution is 2.40. The molecule has 2 fully saturated rings. The van der Waals surface area contributed by atoms with Gasteiger partial charge in [0.1, 0.15) is 6.29 Å². The van der Waals surface area contributed by atoms with Gasteiger partial charge in [0.25, 0.3) is 5.91 Å². The Morgan fingerprint density at radius 2 is 1.88 bits per heavy atom. The van der Waals surface area contributed by atoms with Gasteiger partial charge in [-0.3, -0.25) is 14.5 Å². The van der Waals surface area contributed by atoms with Crippen molar-refractivity contribution in [3.63, 3.8) is 0 Å². The summed E-state index contributed by atoms with van der Waals surface area (Å²) in [7, 11) is 0. The van der Waals surface area contributed by atoms with Crippen molar-refractivity contribution < 1.29 is 18.8 Å². The Hall–Kier alpha value is -1.15. The molecule has 1 aliphatic carbocycles. The van der Waals surface area contributed by atoms with Crippen molar-refractivity contribution >= 4 is 30.4 Å². The van der Waals surface area contributed by atoms with Crippen LogP contribution in [0.1, 0.15) is 33.6 Å². The minimum Gasteiger partial charge on any atom is -0.343 e. The maximum atomic E-state index is 13.8. The van der Waals surface area contributed by atoms with Gasteiger partial charge in [-0.25, -0.2) is 4.39 Å². The Kier molecular flexibility index (Phi) is 6.48. The smallest absolute Gasteiger partial charge is 0.258 e. The third-order valence-corrected chi connectivity index (χ3v) is 6.26. The zero-order valence-electron chi connectivity index (χ0n) is 15.2. The Morgan fingerprint density at radius 3 is 2.36 bits per heavy atom. The van der Waals surface area contributed by atoms with Crippen LogP contribution >= 0.6 is 11.8 Å². The van der Waals surface area contributed by atoms with Gasteiger partial charge in [-0.05, 0) is 26.7 Å². The van der Waals surface area contributed by atoms with E-state index in [1.165, 1.54) is 0 Å². The third kappa shape index (κ3) is 5.41. The van der Waals surface area contributed by atoms with Crippen molar-refractivity contribution in [3.05, 3.63) is 0 Å². The molecule has 0 spiro atoms. The molecule has 6 nitrogen and oxygen atoms in total. The van der Waals surface area contributed by atoms with Crippen molar-refractivity contribution in [1.82, 2.24) is 15.1 Å². The normalized spacial score (nSPS) is 22.8. The Morgan fingerprint density at radius 1 is 1.28 bits per heavy atom. The first-order valence-corrected chi connectivity index (χ1v) is 9.63. The molecule has 8 heteroatoms. The summed E-state index contributed by atoms with van der Waals surface area (Å²) in [6.07, 6.45) is 2.06. The number of halogens is 1. The molecular formula is C17H28FN3O3S. The molecule has 1 saturated heterocycles. The van der Waals surface area contributed by atoms with Crippen LogP contribution in [0, 0.1) is 0 Å². The van der Waals surface area contributed by atoms with E-state index in [9.17, 15) is 18.8 Å². The lowest BCUT2D eigenvalue weighted by molar-refractivity contribution is -0.130. The molecular weight excluding hydrogens is 345 g/mol. The molecule has 0 bridgehead atoms. The summed E-state index contributed by atoms with van der Waals surface area (Å²) in [5, 5.41) is 2.80. The van der Waals surface area contributed by atoms with E-state index in [1.54, 1.807) is 16.7 Å². The lowest BCUT2D eigenvalue weighted by Crippen LogP contribution is -2.52. The summed E-state index contributed by atoms with van der Waals surface area (Å²) in [4.78, 5) is 38.2. The molecule has 0 radical (unpaired) electrons. The second-order valence-corrected chi connectivity index (χ2v) is 9.62. The molecule has 0 aromatic rings. The third-order valence-electron chi connectivity index (χ3n) is 4.84. The molecule has 1 saturated carbocycles. The lowest BCUT2D eigenvalue weighted by Gasteiger charge is -2.37. The van der Waals surface area contributed by atoms with E-state index in [0.29, 0.717) is 6.29 Å². The summed E-state index contributed by atoms with van der Waals surface area (Å²) in [5.74, 6) is -0.670. The van der Waals surface area contributed by atoms with Crippen LogP contribution < -0.4 is 5.32 Å². The number of rotatable bonds is 9. The van der Waals surface area contributed by atoms with Gasteiger partial charge in [0, 0.05) is 42.7 Å². The first-order chi connectivity index (χ1) is 11.7. The van der Waals surface area contributed by atoms with Gasteiger partial charge >= 0.3 is 0 Å². The molecule has 2 aliphatic rings. The molecule has 0 aromatic heterocycles. The number of nitrogens with zero attached hydrogens (tertiary/aromatic N) is 2. The maximum Gasteiger partial charge on any atom is 0.258 e. The number of amides is 2. The number of aldehydes is 1. The predicted octanol–water partition coefficient (Wildman–Crippen LogP) is 0.847. The number of carbonyl (C=O) groups excluding carboxylic acids is 3. The Bertz CT molecular complexity index is 505. The molecule has 0 aromatic carbocycles. The molecule has 1 N–H and O–H groups in total. The number of hydrogen-bond acceptors (Lipinski definition) is 5. The number of nitrogens with one attached hydrogen (secondary N) is 1. The summed E-state index contributed by atoms with van der Waals surface area (Å²) in [6, 6.07) is -0.729. The molecule has 1 unspecified atom stereocenters. The second-order valence-electron chi connectivity index (χ2n) is 7.53. The van der Waals surface area contributed by atoms with E-state index < -0.39 is 22.4 Å². The van der Waals surface area contributed by atoms with Crippen LogP contribution in [0.4, 0.5) is 4.39 Å². The highest BCUT2D eigenvalue weighted by Gasteiger charge is 2.52. The Labute approximate surface area is 152 Å². The number of thioether (sulfide) groups is 1. The van der Waals surface area contributed by atoms with Crippen LogP contribution in [0.5, 0.6) is 0 Å². The van der Waals surface area contributed by atoms with Crippen LogP contribution in [-0.2, 0) is 14.4 Å². The van der Waals surface area contributed by atoms with Gasteiger partial charge in [0.2, 0.25) is 6.41 Å². The van der Waals surface area contributed by atoms with Gasteiger partial charge < -0.3 is 15.0 Å². The first kappa shape index (κ1) is 20.2.